The first-order chi connectivity index (χ1) is 8.90. The molecule has 0 saturated carbocycles. The van der Waals surface area contributed by atoms with E-state index in [0.717, 1.165) is 5.57 Å². The molecule has 19 heavy (non-hydrogen) atoms. The van der Waals surface area contributed by atoms with Gasteiger partial charge in [-0.1, -0.05) is 19.1 Å². The van der Waals surface area contributed by atoms with Crippen molar-refractivity contribution in [2.75, 3.05) is 0 Å². The Morgan fingerprint density at radius 2 is 2.26 bits per heavy atom. The number of rotatable bonds is 3. The Balaban J connectivity index is 2.23. The van der Waals surface area contributed by atoms with Crippen LogP contribution in [0.15, 0.2) is 23.8 Å². The second-order valence-electron chi connectivity index (χ2n) is 5.54. The molecule has 4 heteroatoms. The Kier molecular flexibility index (Phi) is 3.90. The van der Waals surface area contributed by atoms with Crippen LogP contribution < -0.4 is 0 Å². The van der Waals surface area contributed by atoms with E-state index >= 15 is 0 Å². The molecule has 4 atom stereocenters. The Bertz CT molecular complexity index is 449. The van der Waals surface area contributed by atoms with Crippen molar-refractivity contribution in [2.45, 2.75) is 45.3 Å². The minimum atomic E-state index is -0.528. The third kappa shape index (κ3) is 2.78. The Hall–Kier alpha value is -1.42. The van der Waals surface area contributed by atoms with Gasteiger partial charge in [0.2, 0.25) is 0 Å². The first-order valence-electron chi connectivity index (χ1n) is 6.68. The normalized spacial score (nSPS) is 34.4. The average Bonchev–Trinajstić information content (AvgIpc) is 2.53. The molecule has 2 aliphatic rings. The number of esters is 1. The maximum Gasteiger partial charge on any atom is 0.334 e. The number of Topliss-reactive ketones (excluding diaryl/α,β-unsaturated/α-hetero) is 1. The topological polar surface area (TPSA) is 63.6 Å². The molecule has 1 fully saturated rings. The fourth-order valence-corrected chi connectivity index (χ4v) is 2.76. The van der Waals surface area contributed by atoms with Crippen LogP contribution in [0.1, 0.15) is 33.1 Å². The number of aliphatic hydroxyl groups excluding tert-OH is 1. The van der Waals surface area contributed by atoms with E-state index in [9.17, 15) is 14.7 Å². The molecule has 104 valence electrons. The number of fused-ring (bicyclic) bond motifs is 1. The van der Waals surface area contributed by atoms with Gasteiger partial charge in [-0.05, 0) is 25.8 Å². The lowest BCUT2D eigenvalue weighted by molar-refractivity contribution is -0.137. The van der Waals surface area contributed by atoms with E-state index in [2.05, 4.69) is 6.58 Å². The first-order valence-corrected chi connectivity index (χ1v) is 6.68. The highest BCUT2D eigenvalue weighted by molar-refractivity contribution is 5.91. The van der Waals surface area contributed by atoms with E-state index in [-0.39, 0.29) is 29.7 Å². The first kappa shape index (κ1) is 14.0. The van der Waals surface area contributed by atoms with E-state index in [1.54, 1.807) is 6.92 Å². The van der Waals surface area contributed by atoms with Gasteiger partial charge in [-0.15, -0.1) is 0 Å². The lowest BCUT2D eigenvalue weighted by atomic mass is 9.88. The number of carbonyl (C=O) groups excluding carboxylic acids is 2. The zero-order valence-corrected chi connectivity index (χ0v) is 11.4. The van der Waals surface area contributed by atoms with E-state index in [1.807, 2.05) is 13.0 Å². The number of hydrogen-bond acceptors (Lipinski definition) is 4. The molecule has 0 aromatic rings. The smallest absolute Gasteiger partial charge is 0.334 e. The van der Waals surface area contributed by atoms with Crippen molar-refractivity contribution in [1.82, 2.24) is 0 Å². The molecule has 0 aromatic carbocycles. The maximum atomic E-state index is 11.5. The van der Waals surface area contributed by atoms with Crippen LogP contribution in [0.5, 0.6) is 0 Å². The highest BCUT2D eigenvalue weighted by Gasteiger charge is 2.41. The third-order valence-electron chi connectivity index (χ3n) is 4.15. The summed E-state index contributed by atoms with van der Waals surface area (Å²) in [6.07, 6.45) is 2.60. The molecule has 2 rings (SSSR count). The Morgan fingerprint density at radius 1 is 1.58 bits per heavy atom. The van der Waals surface area contributed by atoms with Gasteiger partial charge < -0.3 is 14.6 Å². The second kappa shape index (κ2) is 5.29. The summed E-state index contributed by atoms with van der Waals surface area (Å²) in [6, 6.07) is 0. The molecule has 1 saturated heterocycles. The van der Waals surface area contributed by atoms with Gasteiger partial charge in [-0.2, -0.15) is 0 Å². The minimum absolute atomic E-state index is 0.0172. The number of hydrogen-bond donors (Lipinski definition) is 1. The summed E-state index contributed by atoms with van der Waals surface area (Å²) in [4.78, 5) is 22.6. The van der Waals surface area contributed by atoms with E-state index < -0.39 is 6.10 Å². The molecule has 4 nitrogen and oxygen atoms in total. The molecule has 0 spiro atoms. The number of ether oxygens (including phenoxy) is 1. The lowest BCUT2D eigenvalue weighted by Crippen LogP contribution is -2.22. The molecular formula is C15H20O4. The summed E-state index contributed by atoms with van der Waals surface area (Å²) in [5.41, 5.74) is 1.44. The Morgan fingerprint density at radius 3 is 2.89 bits per heavy atom. The predicted octanol–water partition coefficient (Wildman–Crippen LogP) is 1.78. The van der Waals surface area contributed by atoms with Crippen molar-refractivity contribution in [3.8, 4) is 0 Å². The molecule has 0 bridgehead atoms. The van der Waals surface area contributed by atoms with Crippen molar-refractivity contribution >= 4 is 11.8 Å². The van der Waals surface area contributed by atoms with Crippen molar-refractivity contribution < 1.29 is 19.4 Å². The van der Waals surface area contributed by atoms with Gasteiger partial charge in [-0.3, -0.25) is 0 Å². The summed E-state index contributed by atoms with van der Waals surface area (Å²) in [6.45, 7) is 7.25. The molecular weight excluding hydrogens is 244 g/mol. The SMILES string of the molecule is C=C1C(=O)O[C@H]2C=C(CCC(C)=O)[C@@H](C)[C@H](O)C[C@@H]12. The Labute approximate surface area is 113 Å². The molecule has 1 N–H and O–H groups in total. The van der Waals surface area contributed by atoms with E-state index in [0.29, 0.717) is 24.8 Å². The lowest BCUT2D eigenvalue weighted by Gasteiger charge is -2.20. The predicted molar refractivity (Wildman–Crippen MR) is 70.3 cm³/mol. The molecule has 0 aromatic heterocycles. The van der Waals surface area contributed by atoms with Crippen LogP contribution in [0.4, 0.5) is 0 Å². The minimum Gasteiger partial charge on any atom is -0.454 e. The van der Waals surface area contributed by atoms with Crippen LogP contribution in [-0.2, 0) is 14.3 Å². The van der Waals surface area contributed by atoms with Crippen LogP contribution in [-0.4, -0.2) is 29.1 Å². The number of ketones is 1. The van der Waals surface area contributed by atoms with Gasteiger partial charge >= 0.3 is 5.97 Å². The quantitative estimate of drug-likeness (QED) is 0.479. The van der Waals surface area contributed by atoms with E-state index in [4.69, 9.17) is 4.74 Å². The van der Waals surface area contributed by atoms with Gasteiger partial charge in [0, 0.05) is 23.8 Å². The second-order valence-corrected chi connectivity index (χ2v) is 5.54. The highest BCUT2D eigenvalue weighted by atomic mass is 16.6. The summed E-state index contributed by atoms with van der Waals surface area (Å²) in [7, 11) is 0. The van der Waals surface area contributed by atoms with Gasteiger partial charge in [-0.25, -0.2) is 4.79 Å². The van der Waals surface area contributed by atoms with Gasteiger partial charge in [0.15, 0.2) is 0 Å². The highest BCUT2D eigenvalue weighted by Crippen LogP contribution is 2.38. The molecule has 1 aliphatic heterocycles. The molecule has 1 aliphatic carbocycles. The number of carbonyl (C=O) groups is 2. The summed E-state index contributed by atoms with van der Waals surface area (Å²) in [5, 5.41) is 10.2. The third-order valence-corrected chi connectivity index (χ3v) is 4.15. The monoisotopic (exact) mass is 264 g/mol. The van der Waals surface area contributed by atoms with Gasteiger partial charge in [0.25, 0.3) is 0 Å². The maximum absolute atomic E-state index is 11.5. The summed E-state index contributed by atoms with van der Waals surface area (Å²) in [5.74, 6) is -0.411. The van der Waals surface area contributed by atoms with Gasteiger partial charge in [0.1, 0.15) is 11.9 Å². The summed E-state index contributed by atoms with van der Waals surface area (Å²) < 4.78 is 5.28. The molecule has 1 heterocycles. The van der Waals surface area contributed by atoms with Crippen LogP contribution in [0.25, 0.3) is 0 Å². The van der Waals surface area contributed by atoms with Crippen LogP contribution in [0.3, 0.4) is 0 Å². The van der Waals surface area contributed by atoms with Crippen molar-refractivity contribution in [3.63, 3.8) is 0 Å². The van der Waals surface area contributed by atoms with Gasteiger partial charge in [0.05, 0.1) is 6.10 Å². The van der Waals surface area contributed by atoms with Crippen LogP contribution in [0, 0.1) is 11.8 Å². The zero-order valence-electron chi connectivity index (χ0n) is 11.4. The van der Waals surface area contributed by atoms with E-state index in [1.165, 1.54) is 0 Å². The standard InChI is InChI=1S/C15H20O4/c1-8(16)4-5-11-6-14-12(7-13(17)9(11)2)10(3)15(18)19-14/h6,9,12-14,17H,3-5,7H2,1-2H3/t9-,12+,13-,14+/m1/s1. The van der Waals surface area contributed by atoms with Crippen molar-refractivity contribution in [1.29, 1.82) is 0 Å². The molecule has 0 radical (unpaired) electrons. The zero-order chi connectivity index (χ0) is 14.2. The molecule has 0 unspecified atom stereocenters. The average molecular weight is 264 g/mol. The largest absolute Gasteiger partial charge is 0.454 e. The van der Waals surface area contributed by atoms with Crippen molar-refractivity contribution in [2.24, 2.45) is 11.8 Å². The molecule has 0 amide bonds. The fraction of sp³-hybridized carbons (Fsp3) is 0.600. The summed E-state index contributed by atoms with van der Waals surface area (Å²) >= 11 is 0. The van der Waals surface area contributed by atoms with Crippen LogP contribution in [0.2, 0.25) is 0 Å². The fourth-order valence-electron chi connectivity index (χ4n) is 2.76. The number of aliphatic hydroxyl groups is 1. The van der Waals surface area contributed by atoms with Crippen LogP contribution >= 0.6 is 0 Å². The van der Waals surface area contributed by atoms with Crippen molar-refractivity contribution in [3.05, 3.63) is 23.8 Å².